The van der Waals surface area contributed by atoms with E-state index in [4.69, 9.17) is 23.2 Å². The highest BCUT2D eigenvalue weighted by molar-refractivity contribution is 6.42. The number of nitrogens with one attached hydrogen (secondary N) is 1. The second kappa shape index (κ2) is 6.07. The number of benzene rings is 1. The predicted molar refractivity (Wildman–Crippen MR) is 74.4 cm³/mol. The standard InChI is InChI=1S/C12H14Cl2N4/c1-2-5-15-12-8-18(17-16-12)7-9-3-4-10(13)11(14)6-9/h3-4,6,8,15H,2,5,7H2,1H3. The van der Waals surface area contributed by atoms with E-state index < -0.39 is 0 Å². The molecule has 0 fully saturated rings. The molecule has 0 atom stereocenters. The van der Waals surface area contributed by atoms with Gasteiger partial charge in [0.15, 0.2) is 5.82 Å². The van der Waals surface area contributed by atoms with Gasteiger partial charge in [-0.15, -0.1) is 5.10 Å². The Morgan fingerprint density at radius 1 is 1.28 bits per heavy atom. The zero-order valence-corrected chi connectivity index (χ0v) is 11.5. The van der Waals surface area contributed by atoms with Crippen LogP contribution in [-0.4, -0.2) is 21.5 Å². The average Bonchev–Trinajstić information content (AvgIpc) is 2.79. The van der Waals surface area contributed by atoms with Crippen molar-refractivity contribution in [3.05, 3.63) is 40.0 Å². The maximum absolute atomic E-state index is 5.96. The third-order valence-electron chi connectivity index (χ3n) is 2.42. The lowest BCUT2D eigenvalue weighted by atomic mass is 10.2. The molecule has 0 aliphatic heterocycles. The first-order valence-corrected chi connectivity index (χ1v) is 6.52. The van der Waals surface area contributed by atoms with E-state index in [1.807, 2.05) is 18.3 Å². The fourth-order valence-corrected chi connectivity index (χ4v) is 1.86. The Hall–Kier alpha value is -1.26. The van der Waals surface area contributed by atoms with Crippen LogP contribution in [0.1, 0.15) is 18.9 Å². The first-order chi connectivity index (χ1) is 8.69. The van der Waals surface area contributed by atoms with E-state index in [1.165, 1.54) is 0 Å². The average molecular weight is 285 g/mol. The van der Waals surface area contributed by atoms with Gasteiger partial charge in [0.2, 0.25) is 0 Å². The summed E-state index contributed by atoms with van der Waals surface area (Å²) in [6, 6.07) is 5.55. The minimum Gasteiger partial charge on any atom is -0.367 e. The van der Waals surface area contributed by atoms with Crippen molar-refractivity contribution in [2.24, 2.45) is 0 Å². The summed E-state index contributed by atoms with van der Waals surface area (Å²) in [5.41, 5.74) is 1.04. The fourth-order valence-electron chi connectivity index (χ4n) is 1.53. The monoisotopic (exact) mass is 284 g/mol. The molecule has 1 aromatic carbocycles. The summed E-state index contributed by atoms with van der Waals surface area (Å²) < 4.78 is 1.76. The number of hydrogen-bond donors (Lipinski definition) is 1. The van der Waals surface area contributed by atoms with Gasteiger partial charge in [0, 0.05) is 6.54 Å². The summed E-state index contributed by atoms with van der Waals surface area (Å²) in [5, 5.41) is 12.4. The van der Waals surface area contributed by atoms with Crippen LogP contribution < -0.4 is 5.32 Å². The number of anilines is 1. The zero-order chi connectivity index (χ0) is 13.0. The molecule has 6 heteroatoms. The summed E-state index contributed by atoms with van der Waals surface area (Å²) in [5.74, 6) is 0.789. The Bertz CT molecular complexity index is 525. The minimum atomic E-state index is 0.554. The molecule has 4 nitrogen and oxygen atoms in total. The van der Waals surface area contributed by atoms with Crippen LogP contribution in [0.3, 0.4) is 0 Å². The normalized spacial score (nSPS) is 10.6. The van der Waals surface area contributed by atoms with Gasteiger partial charge < -0.3 is 5.32 Å². The van der Waals surface area contributed by atoms with E-state index in [9.17, 15) is 0 Å². The van der Waals surface area contributed by atoms with Crippen molar-refractivity contribution >= 4 is 29.0 Å². The molecule has 1 aromatic heterocycles. The number of rotatable bonds is 5. The van der Waals surface area contributed by atoms with Gasteiger partial charge >= 0.3 is 0 Å². The predicted octanol–water partition coefficient (Wildman–Crippen LogP) is 3.46. The van der Waals surface area contributed by atoms with Gasteiger partial charge in [-0.25, -0.2) is 4.68 Å². The molecule has 0 unspecified atom stereocenters. The van der Waals surface area contributed by atoms with Crippen molar-refractivity contribution < 1.29 is 0 Å². The number of aromatic nitrogens is 3. The summed E-state index contributed by atoms with van der Waals surface area (Å²) in [6.45, 7) is 3.62. The van der Waals surface area contributed by atoms with Gasteiger partial charge in [-0.1, -0.05) is 41.4 Å². The van der Waals surface area contributed by atoms with E-state index in [2.05, 4.69) is 22.6 Å². The third kappa shape index (κ3) is 3.37. The van der Waals surface area contributed by atoms with E-state index >= 15 is 0 Å². The molecule has 0 spiro atoms. The Morgan fingerprint density at radius 2 is 2.11 bits per heavy atom. The quantitative estimate of drug-likeness (QED) is 0.914. The smallest absolute Gasteiger partial charge is 0.168 e. The molecule has 1 heterocycles. The van der Waals surface area contributed by atoms with Crippen molar-refractivity contribution in [2.45, 2.75) is 19.9 Å². The van der Waals surface area contributed by atoms with E-state index in [1.54, 1.807) is 10.7 Å². The SMILES string of the molecule is CCCNc1cn(Cc2ccc(Cl)c(Cl)c2)nn1. The van der Waals surface area contributed by atoms with Crippen LogP contribution in [-0.2, 0) is 6.54 Å². The first kappa shape index (κ1) is 13.2. The largest absolute Gasteiger partial charge is 0.367 e. The second-order valence-electron chi connectivity index (χ2n) is 3.98. The number of halogens is 2. The Labute approximate surface area is 116 Å². The molecule has 96 valence electrons. The molecule has 18 heavy (non-hydrogen) atoms. The second-order valence-corrected chi connectivity index (χ2v) is 4.79. The van der Waals surface area contributed by atoms with Crippen molar-refractivity contribution in [3.8, 4) is 0 Å². The Balaban J connectivity index is 2.04. The van der Waals surface area contributed by atoms with E-state index in [0.717, 1.165) is 24.3 Å². The topological polar surface area (TPSA) is 42.7 Å². The van der Waals surface area contributed by atoms with Crippen LogP contribution >= 0.6 is 23.2 Å². The highest BCUT2D eigenvalue weighted by Gasteiger charge is 2.03. The van der Waals surface area contributed by atoms with Gasteiger partial charge in [-0.2, -0.15) is 0 Å². The van der Waals surface area contributed by atoms with E-state index in [0.29, 0.717) is 16.6 Å². The van der Waals surface area contributed by atoms with Gasteiger partial charge in [-0.3, -0.25) is 0 Å². The molecule has 0 saturated heterocycles. The summed E-state index contributed by atoms with van der Waals surface area (Å²) in [4.78, 5) is 0. The lowest BCUT2D eigenvalue weighted by Crippen LogP contribution is -2.00. The summed E-state index contributed by atoms with van der Waals surface area (Å²) in [7, 11) is 0. The lowest BCUT2D eigenvalue weighted by Gasteiger charge is -2.02. The van der Waals surface area contributed by atoms with Gasteiger partial charge in [0.05, 0.1) is 22.8 Å². The number of hydrogen-bond acceptors (Lipinski definition) is 3. The van der Waals surface area contributed by atoms with Crippen LogP contribution in [0.2, 0.25) is 10.0 Å². The van der Waals surface area contributed by atoms with Crippen LogP contribution in [0.5, 0.6) is 0 Å². The summed E-state index contributed by atoms with van der Waals surface area (Å²) >= 11 is 11.8. The van der Waals surface area contributed by atoms with Crippen LogP contribution in [0, 0.1) is 0 Å². The lowest BCUT2D eigenvalue weighted by molar-refractivity contribution is 0.650. The Kier molecular flexibility index (Phi) is 4.44. The molecule has 0 bridgehead atoms. The van der Waals surface area contributed by atoms with Crippen LogP contribution in [0.15, 0.2) is 24.4 Å². The van der Waals surface area contributed by atoms with Crippen molar-refractivity contribution in [1.29, 1.82) is 0 Å². The van der Waals surface area contributed by atoms with Crippen molar-refractivity contribution in [3.63, 3.8) is 0 Å². The minimum absolute atomic E-state index is 0.554. The third-order valence-corrected chi connectivity index (χ3v) is 3.16. The molecular weight excluding hydrogens is 271 g/mol. The molecule has 0 amide bonds. The molecule has 0 aliphatic carbocycles. The fraction of sp³-hybridized carbons (Fsp3) is 0.333. The van der Waals surface area contributed by atoms with Gasteiger partial charge in [0.1, 0.15) is 0 Å². The first-order valence-electron chi connectivity index (χ1n) is 5.77. The zero-order valence-electron chi connectivity index (χ0n) is 10.0. The van der Waals surface area contributed by atoms with Crippen molar-refractivity contribution in [1.82, 2.24) is 15.0 Å². The van der Waals surface area contributed by atoms with Crippen LogP contribution in [0.4, 0.5) is 5.82 Å². The highest BCUT2D eigenvalue weighted by atomic mass is 35.5. The highest BCUT2D eigenvalue weighted by Crippen LogP contribution is 2.22. The van der Waals surface area contributed by atoms with Gasteiger partial charge in [-0.05, 0) is 24.1 Å². The number of nitrogens with zero attached hydrogens (tertiary/aromatic N) is 3. The molecule has 0 radical (unpaired) electrons. The maximum Gasteiger partial charge on any atom is 0.168 e. The van der Waals surface area contributed by atoms with Gasteiger partial charge in [0.25, 0.3) is 0 Å². The molecule has 0 aliphatic rings. The maximum atomic E-state index is 5.96. The molecular formula is C12H14Cl2N4. The van der Waals surface area contributed by atoms with Crippen molar-refractivity contribution in [2.75, 3.05) is 11.9 Å². The molecule has 2 rings (SSSR count). The summed E-state index contributed by atoms with van der Waals surface area (Å²) in [6.07, 6.45) is 2.93. The molecule has 1 N–H and O–H groups in total. The van der Waals surface area contributed by atoms with E-state index in [-0.39, 0.29) is 0 Å². The Morgan fingerprint density at radius 3 is 2.83 bits per heavy atom. The molecule has 0 saturated carbocycles. The van der Waals surface area contributed by atoms with Crippen LogP contribution in [0.25, 0.3) is 0 Å². The molecule has 2 aromatic rings.